The van der Waals surface area contributed by atoms with Crippen molar-refractivity contribution in [1.82, 2.24) is 4.67 Å². The topological polar surface area (TPSA) is 48.0 Å². The van der Waals surface area contributed by atoms with Crippen molar-refractivity contribution >= 4 is 13.0 Å². The van der Waals surface area contributed by atoms with Crippen LogP contribution in [0.2, 0.25) is 0 Å². The summed E-state index contributed by atoms with van der Waals surface area (Å²) >= 11 is 0. The Morgan fingerprint density at radius 1 is 1.22 bits per heavy atom. The van der Waals surface area contributed by atoms with Crippen molar-refractivity contribution in [1.29, 1.82) is 0 Å². The molecule has 0 aromatic rings. The van der Waals surface area contributed by atoms with Crippen molar-refractivity contribution < 1.29 is 18.4 Å². The minimum atomic E-state index is -3.81. The maximum atomic E-state index is 12.9. The number of nitrogens with zero attached hydrogens (tertiary/aromatic N) is 1. The van der Waals surface area contributed by atoms with Crippen molar-refractivity contribution in [3.05, 3.63) is 11.3 Å². The van der Waals surface area contributed by atoms with Gasteiger partial charge in [-0.3, -0.25) is 0 Å². The van der Waals surface area contributed by atoms with Crippen molar-refractivity contribution in [2.24, 2.45) is 5.41 Å². The summed E-state index contributed by atoms with van der Waals surface area (Å²) < 4.78 is 19.4. The molecule has 2 rings (SSSR count). The first kappa shape index (κ1) is 13.9. The van der Waals surface area contributed by atoms with Crippen molar-refractivity contribution in [3.8, 4) is 0 Å². The third kappa shape index (κ3) is 1.39. The molecule has 18 heavy (non-hydrogen) atoms. The van der Waals surface area contributed by atoms with Crippen LogP contribution in [-0.4, -0.2) is 37.5 Å². The Morgan fingerprint density at radius 2 is 1.72 bits per heavy atom. The summed E-state index contributed by atoms with van der Waals surface area (Å²) in [4.78, 5) is 12.9. The molecule has 104 valence electrons. The predicted molar refractivity (Wildman–Crippen MR) is 70.8 cm³/mol. The van der Waals surface area contributed by atoms with Gasteiger partial charge in [-0.1, -0.05) is 0 Å². The maximum absolute atomic E-state index is 12.9. The number of hydrogen-bond acceptors (Lipinski definition) is 5. The van der Waals surface area contributed by atoms with Gasteiger partial charge >= 0.3 is 108 Å². The van der Waals surface area contributed by atoms with Crippen LogP contribution in [-0.2, 0) is 18.4 Å². The molecule has 2 saturated heterocycles. The molecule has 0 aromatic carbocycles. The number of hydrogen-bond donors (Lipinski definition) is 0. The second kappa shape index (κ2) is 3.76. The average Bonchev–Trinajstić information content (AvgIpc) is 2.77. The molecule has 0 amide bonds. The first-order valence-electron chi connectivity index (χ1n) is 6.10. The Hall–Kier alpha value is -0.480. The fraction of sp³-hybridized carbons (Fsp3) is 0.750. The first-order chi connectivity index (χ1) is 8.17. The number of carbonyl (C=O) groups excluding carboxylic acids is 1. The van der Waals surface area contributed by atoms with Crippen LogP contribution in [0.4, 0.5) is 0 Å². The average molecular weight is 275 g/mol. The van der Waals surface area contributed by atoms with Gasteiger partial charge in [-0.2, -0.15) is 0 Å². The molecule has 1 spiro atoms. The van der Waals surface area contributed by atoms with E-state index >= 15 is 0 Å². The fourth-order valence-corrected chi connectivity index (χ4v) is 6.74. The minimum absolute atomic E-state index is 0.0767. The molecule has 0 unspecified atom stereocenters. The van der Waals surface area contributed by atoms with E-state index in [9.17, 15) is 4.79 Å². The van der Waals surface area contributed by atoms with Crippen molar-refractivity contribution in [2.45, 2.75) is 27.7 Å². The second-order valence-electron chi connectivity index (χ2n) is 5.71. The molecule has 0 radical (unpaired) electrons. The van der Waals surface area contributed by atoms with E-state index in [0.29, 0.717) is 19.0 Å². The Bertz CT molecular complexity index is 431. The molecule has 6 heteroatoms. The predicted octanol–water partition coefficient (Wildman–Crippen LogP) is 2.69. The number of allylic oxidation sites excluding steroid dienone is 2. The molecule has 2 fully saturated rings. The molecule has 0 bridgehead atoms. The van der Waals surface area contributed by atoms with Gasteiger partial charge in [0.05, 0.1) is 0 Å². The zero-order valence-corrected chi connectivity index (χ0v) is 12.8. The third-order valence-electron chi connectivity index (χ3n) is 3.56. The third-order valence-corrected chi connectivity index (χ3v) is 7.96. The summed E-state index contributed by atoms with van der Waals surface area (Å²) in [5, 5.41) is 0. The molecule has 2 heterocycles. The molecule has 0 N–H and O–H groups in total. The van der Waals surface area contributed by atoms with E-state index in [1.807, 2.05) is 27.7 Å². The zero-order chi connectivity index (χ0) is 13.8. The van der Waals surface area contributed by atoms with Gasteiger partial charge < -0.3 is 0 Å². The van der Waals surface area contributed by atoms with E-state index in [1.54, 1.807) is 18.8 Å². The van der Waals surface area contributed by atoms with E-state index in [2.05, 4.69) is 0 Å². The standard InChI is InChI=1S/C12H22NO4P/c1-9(2)10-12(3,4)11(14)18(17-10,13(5)6)15-7-8-16-18/h7-8H2,1-6H3. The molecule has 2 aliphatic heterocycles. The first-order valence-corrected chi connectivity index (χ1v) is 8.04. The molecule has 0 saturated carbocycles. The van der Waals surface area contributed by atoms with Gasteiger partial charge in [0.1, 0.15) is 0 Å². The fourth-order valence-electron chi connectivity index (χ4n) is 2.70. The van der Waals surface area contributed by atoms with Crippen LogP contribution in [0.15, 0.2) is 11.3 Å². The molecule has 2 aliphatic rings. The van der Waals surface area contributed by atoms with E-state index in [0.717, 1.165) is 5.57 Å². The van der Waals surface area contributed by atoms with Crippen molar-refractivity contribution in [3.63, 3.8) is 0 Å². The van der Waals surface area contributed by atoms with Crippen LogP contribution < -0.4 is 0 Å². The van der Waals surface area contributed by atoms with E-state index in [4.69, 9.17) is 13.6 Å². The molecule has 0 aromatic heterocycles. The Morgan fingerprint density at radius 3 is 2.06 bits per heavy atom. The van der Waals surface area contributed by atoms with Gasteiger partial charge in [0, 0.05) is 0 Å². The molecular formula is C12H22NO4P. The Balaban J connectivity index is 2.67. The summed E-state index contributed by atoms with van der Waals surface area (Å²) in [6.45, 7) is 8.41. The number of rotatable bonds is 1. The Kier molecular flexibility index (Phi) is 2.91. The van der Waals surface area contributed by atoms with E-state index in [-0.39, 0.29) is 5.52 Å². The van der Waals surface area contributed by atoms with Gasteiger partial charge in [-0.05, 0) is 0 Å². The number of carbonyl (C=O) groups is 1. The molecule has 0 aliphatic carbocycles. The zero-order valence-electron chi connectivity index (χ0n) is 11.9. The normalized spacial score (nSPS) is 30.3. The second-order valence-corrected chi connectivity index (χ2v) is 9.30. The van der Waals surface area contributed by atoms with Gasteiger partial charge in [0.15, 0.2) is 0 Å². The monoisotopic (exact) mass is 275 g/mol. The van der Waals surface area contributed by atoms with E-state index < -0.39 is 12.8 Å². The van der Waals surface area contributed by atoms with Crippen LogP contribution in [0.5, 0.6) is 0 Å². The summed E-state index contributed by atoms with van der Waals surface area (Å²) in [6.07, 6.45) is 0. The summed E-state index contributed by atoms with van der Waals surface area (Å²) in [5.41, 5.74) is 0.202. The van der Waals surface area contributed by atoms with Crippen LogP contribution in [0.3, 0.4) is 0 Å². The quantitative estimate of drug-likeness (QED) is 0.689. The van der Waals surface area contributed by atoms with Crippen LogP contribution in [0.25, 0.3) is 0 Å². The SMILES string of the molecule is CC(C)=C1OP2(N(C)C)(OCCO2)C(=O)C1(C)C. The van der Waals surface area contributed by atoms with Crippen LogP contribution in [0, 0.1) is 5.41 Å². The van der Waals surface area contributed by atoms with Gasteiger partial charge in [-0.15, -0.1) is 0 Å². The van der Waals surface area contributed by atoms with Gasteiger partial charge in [0.25, 0.3) is 0 Å². The summed E-state index contributed by atoms with van der Waals surface area (Å²) in [7, 11) is -0.246. The van der Waals surface area contributed by atoms with Crippen LogP contribution >= 0.6 is 7.43 Å². The van der Waals surface area contributed by atoms with Crippen molar-refractivity contribution in [2.75, 3.05) is 27.3 Å². The van der Waals surface area contributed by atoms with E-state index in [1.165, 1.54) is 0 Å². The van der Waals surface area contributed by atoms with Gasteiger partial charge in [-0.25, -0.2) is 0 Å². The molecule has 5 nitrogen and oxygen atoms in total. The van der Waals surface area contributed by atoms with Gasteiger partial charge in [0.2, 0.25) is 0 Å². The molecular weight excluding hydrogens is 253 g/mol. The Labute approximate surface area is 108 Å². The summed E-state index contributed by atoms with van der Waals surface area (Å²) in [5.74, 6) is 0.681. The summed E-state index contributed by atoms with van der Waals surface area (Å²) in [6, 6.07) is 0. The van der Waals surface area contributed by atoms with Crippen LogP contribution in [0.1, 0.15) is 27.7 Å². The molecule has 0 atom stereocenters.